The molecule has 1 fully saturated rings. The molecule has 1 saturated carbocycles. The third-order valence-electron chi connectivity index (χ3n) is 15.5. The third-order valence-corrected chi connectivity index (χ3v) is 21.8. The smallest absolute Gasteiger partial charge is 0.393 e. The van der Waals surface area contributed by atoms with Crippen LogP contribution < -0.4 is 0 Å². The van der Waals surface area contributed by atoms with E-state index in [4.69, 9.17) is 40.0 Å². The molecule has 600 valence electrons. The maximum atomic E-state index is 12.3. The fourth-order valence-corrected chi connectivity index (χ4v) is 15.0. The molecule has 13 rings (SSSR count). The average Bonchev–Trinajstić information content (AvgIpc) is 1.62. The van der Waals surface area contributed by atoms with Crippen molar-refractivity contribution < 1.29 is 41.6 Å². The number of aryl methyl sites for hydroxylation is 2. The molecule has 111 heavy (non-hydrogen) atoms. The Morgan fingerprint density at radius 3 is 1.44 bits per heavy atom. The number of pyridine rings is 5. The first-order valence-electron chi connectivity index (χ1n) is 36.7. The van der Waals surface area contributed by atoms with Gasteiger partial charge in [0, 0.05) is 62.5 Å². The number of nitrogens with zero attached hydrogens (tertiary/aromatic N) is 12. The van der Waals surface area contributed by atoms with E-state index in [0.717, 1.165) is 83.3 Å². The Balaban J connectivity index is 0.000000168. The average molecular weight is 1650 g/mol. The lowest BCUT2D eigenvalue weighted by atomic mass is 9.88. The van der Waals surface area contributed by atoms with Crippen LogP contribution in [0.3, 0.4) is 0 Å². The van der Waals surface area contributed by atoms with Gasteiger partial charge in [0.15, 0.2) is 10.8 Å². The Morgan fingerprint density at radius 2 is 0.982 bits per heavy atom. The van der Waals surface area contributed by atoms with Crippen LogP contribution in [0.2, 0.25) is 5.02 Å². The summed E-state index contributed by atoms with van der Waals surface area (Å²) in [5.41, 5.74) is 9.91. The van der Waals surface area contributed by atoms with E-state index in [2.05, 4.69) is 142 Å². The van der Waals surface area contributed by atoms with Crippen LogP contribution in [0.1, 0.15) is 216 Å². The summed E-state index contributed by atoms with van der Waals surface area (Å²) in [6.07, 6.45) is 10.2. The Bertz CT molecular complexity index is 4930. The van der Waals surface area contributed by atoms with Crippen LogP contribution in [0, 0.1) is 13.8 Å². The number of benzene rings is 1. The number of hydrogen-bond acceptors (Lipinski definition) is 24. The third kappa shape index (κ3) is 30.5. The standard InChI is InChI=1S/C15H19ClN2OS.C15H20N2OS.C15H22N2OS.C13H15F3N2OS.C13H16N2OS.C12H16N2OS/c1-15(2,3)19-12(9-18(4)5)14-17-11-8-10(16)6-7-13(11)20-14;1-14(2,3)18-9-12-17-11-7-10(15(4)5-6-15)8-16-13(11)19-12;1-14(2,3)10-7-11-13(16-8-10)19-12(17-11)9-18-15(4,5)6;1-12(2,3)19-7-10-18-9-4-8(5-13(14,15)16)6-17-11(9)20-10;1-9(2)16-8-12-15-10(3)13(17-12)11-4-6-14-7-5-11;1-8-5-9-11(13-6-8)16-10(14-9)7-15-12(2,3)4/h6-9H,1-5H3;7-8H,5-6,9H2,1-4H3;7-8H,9H2,1-6H3;4,6H,5,7H2,1-3H3;4-7,9H,8H2,1-3H3;5-6H,7H2,1-4H3/b12-9+;;;;;. The van der Waals surface area contributed by atoms with Crippen LogP contribution in [0.25, 0.3) is 67.8 Å². The van der Waals surface area contributed by atoms with E-state index >= 15 is 0 Å². The fourth-order valence-electron chi connectivity index (χ4n) is 9.74. The van der Waals surface area contributed by atoms with Crippen molar-refractivity contribution in [2.24, 2.45) is 0 Å². The molecule has 0 bridgehead atoms. The molecule has 0 unspecified atom stereocenters. The molecule has 0 spiro atoms. The first-order valence-corrected chi connectivity index (χ1v) is 42.0. The predicted octanol–water partition coefficient (Wildman–Crippen LogP) is 23.9. The fraction of sp³-hybridized carbons (Fsp3) is 0.506. The number of hydrogen-bond donors (Lipinski definition) is 0. The van der Waals surface area contributed by atoms with Crippen LogP contribution >= 0.6 is 79.6 Å². The maximum Gasteiger partial charge on any atom is 0.393 e. The van der Waals surface area contributed by atoms with Crippen molar-refractivity contribution in [1.29, 1.82) is 0 Å². The van der Waals surface area contributed by atoms with Crippen LogP contribution in [0.4, 0.5) is 13.2 Å². The zero-order chi connectivity index (χ0) is 81.8. The highest BCUT2D eigenvalue weighted by molar-refractivity contribution is 7.20. The summed E-state index contributed by atoms with van der Waals surface area (Å²) in [5.74, 6) is 0.778. The van der Waals surface area contributed by atoms with Gasteiger partial charge in [-0.3, -0.25) is 4.98 Å². The minimum absolute atomic E-state index is 0.104. The molecule has 0 N–H and O–H groups in total. The Labute approximate surface area is 681 Å². The van der Waals surface area contributed by atoms with Gasteiger partial charge in [-0.05, 0) is 238 Å². The molecular formula is C83H108ClF3N12O6S6. The molecule has 11 heterocycles. The van der Waals surface area contributed by atoms with Gasteiger partial charge in [-0.15, -0.1) is 22.7 Å². The van der Waals surface area contributed by atoms with Crippen molar-refractivity contribution in [2.75, 3.05) is 14.1 Å². The van der Waals surface area contributed by atoms with Crippen LogP contribution in [-0.2, 0) is 78.7 Å². The van der Waals surface area contributed by atoms with Crippen molar-refractivity contribution in [3.63, 3.8) is 0 Å². The minimum Gasteiger partial charge on any atom is -0.483 e. The highest BCUT2D eigenvalue weighted by Gasteiger charge is 2.39. The van der Waals surface area contributed by atoms with Gasteiger partial charge in [0.1, 0.15) is 72.0 Å². The van der Waals surface area contributed by atoms with E-state index < -0.39 is 12.6 Å². The van der Waals surface area contributed by atoms with Crippen LogP contribution in [-0.4, -0.2) is 114 Å². The number of alkyl halides is 3. The number of halogens is 4. The minimum atomic E-state index is -4.23. The summed E-state index contributed by atoms with van der Waals surface area (Å²) < 4.78 is 72.5. The van der Waals surface area contributed by atoms with Gasteiger partial charge in [0.25, 0.3) is 0 Å². The second kappa shape index (κ2) is 37.7. The Hall–Kier alpha value is -6.73. The van der Waals surface area contributed by atoms with E-state index in [1.54, 1.807) is 69.1 Å². The van der Waals surface area contributed by atoms with Crippen molar-refractivity contribution >= 4 is 137 Å². The molecule has 11 aromatic heterocycles. The predicted molar refractivity (Wildman–Crippen MR) is 455 cm³/mol. The summed E-state index contributed by atoms with van der Waals surface area (Å²) >= 11 is 15.5. The zero-order valence-corrected chi connectivity index (χ0v) is 74.4. The normalized spacial score (nSPS) is 13.4. The first kappa shape index (κ1) is 89.8. The number of ether oxygens (including phenoxy) is 6. The molecule has 1 aliphatic rings. The second-order valence-corrected chi connectivity index (χ2v) is 40.5. The second-order valence-electron chi connectivity index (χ2n) is 33.7. The quantitative estimate of drug-likeness (QED) is 0.0778. The van der Waals surface area contributed by atoms with Crippen molar-refractivity contribution in [3.05, 3.63) is 161 Å². The molecule has 28 heteroatoms. The van der Waals surface area contributed by atoms with Crippen LogP contribution in [0.5, 0.6) is 0 Å². The van der Waals surface area contributed by atoms with E-state index in [1.165, 1.54) is 58.0 Å². The lowest BCUT2D eigenvalue weighted by Gasteiger charge is -2.23. The van der Waals surface area contributed by atoms with Crippen molar-refractivity contribution in [2.45, 2.75) is 263 Å². The molecule has 1 aromatic carbocycles. The highest BCUT2D eigenvalue weighted by atomic mass is 35.5. The molecule has 0 atom stereocenters. The Kier molecular flexibility index (Phi) is 30.5. The van der Waals surface area contributed by atoms with Crippen molar-refractivity contribution in [3.8, 4) is 10.4 Å². The van der Waals surface area contributed by atoms with Crippen molar-refractivity contribution in [1.82, 2.24) is 59.7 Å². The monoisotopic (exact) mass is 1650 g/mol. The highest BCUT2D eigenvalue weighted by Crippen LogP contribution is 2.48. The lowest BCUT2D eigenvalue weighted by Crippen LogP contribution is -2.19. The number of rotatable bonds is 17. The maximum absolute atomic E-state index is 12.3. The first-order chi connectivity index (χ1) is 51.5. The summed E-state index contributed by atoms with van der Waals surface area (Å²) in [5, 5.41) is 6.30. The number of thiazole rings is 6. The van der Waals surface area contributed by atoms with Gasteiger partial charge in [0.05, 0.1) is 88.8 Å². The van der Waals surface area contributed by atoms with Gasteiger partial charge in [0.2, 0.25) is 0 Å². The number of aromatic nitrogens is 11. The summed E-state index contributed by atoms with van der Waals surface area (Å²) in [6, 6.07) is 17.6. The summed E-state index contributed by atoms with van der Waals surface area (Å²) in [7, 11) is 3.94. The molecular weight excluding hydrogens is 1550 g/mol. The Morgan fingerprint density at radius 1 is 0.523 bits per heavy atom. The summed E-state index contributed by atoms with van der Waals surface area (Å²) in [4.78, 5) is 55.5. The van der Waals surface area contributed by atoms with Crippen LogP contribution in [0.15, 0.2) is 98.0 Å². The SMILES string of the molecule is CC(C)(C)OCc1nc2cc(C(C)(C)C)cnc2s1.CC(C)(C)OCc1nc2cc(C3(C)CC3)cnc2s1.CC(C)(C)OCc1nc2cc(CC(F)(F)F)cnc2s1.CN(C)/C=C(/OC(C)(C)C)c1nc2cc(Cl)ccc2s1.Cc1cnc2sc(COC(C)(C)C)nc2c1.Cc1nc(COC(C)C)sc1-c1ccncc1. The topological polar surface area (TPSA) is 200 Å². The molecule has 1 aliphatic carbocycles. The largest absolute Gasteiger partial charge is 0.483 e. The zero-order valence-electron chi connectivity index (χ0n) is 68.7. The molecule has 0 aliphatic heterocycles. The number of fused-ring (bicyclic) bond motifs is 5. The molecule has 0 radical (unpaired) electrons. The van der Waals surface area contributed by atoms with E-state index in [9.17, 15) is 13.2 Å². The van der Waals surface area contributed by atoms with Gasteiger partial charge < -0.3 is 33.3 Å². The molecule has 0 amide bonds. The van der Waals surface area contributed by atoms with E-state index in [-0.39, 0.29) is 45.1 Å². The molecule has 12 aromatic rings. The van der Waals surface area contributed by atoms with Gasteiger partial charge in [-0.1, -0.05) is 84.6 Å². The van der Waals surface area contributed by atoms with Gasteiger partial charge in [-0.2, -0.15) is 13.2 Å². The van der Waals surface area contributed by atoms with Gasteiger partial charge >= 0.3 is 6.18 Å². The van der Waals surface area contributed by atoms with E-state index in [1.807, 2.05) is 164 Å². The van der Waals surface area contributed by atoms with Gasteiger partial charge in [-0.25, -0.2) is 49.8 Å². The van der Waals surface area contributed by atoms with E-state index in [0.29, 0.717) is 58.8 Å². The molecule has 0 saturated heterocycles. The summed E-state index contributed by atoms with van der Waals surface area (Å²) in [6.45, 7) is 49.9. The lowest BCUT2D eigenvalue weighted by molar-refractivity contribution is -0.127. The molecule has 18 nitrogen and oxygen atoms in total.